The molecule has 0 rings (SSSR count). The first kappa shape index (κ1) is 19.7. The van der Waals surface area contributed by atoms with Gasteiger partial charge in [-0.2, -0.15) is 13.2 Å². The van der Waals surface area contributed by atoms with Crippen molar-refractivity contribution < 1.29 is 13.2 Å². The summed E-state index contributed by atoms with van der Waals surface area (Å²) in [4.78, 5) is 2.24. The lowest BCUT2D eigenvalue weighted by atomic mass is 10.1. The summed E-state index contributed by atoms with van der Waals surface area (Å²) in [6.45, 7) is 6.18. The first-order valence-corrected chi connectivity index (χ1v) is 7.44. The maximum Gasteiger partial charge on any atom is 0.392 e. The van der Waals surface area contributed by atoms with E-state index in [2.05, 4.69) is 22.6 Å². The lowest BCUT2D eigenvalue weighted by Gasteiger charge is -2.23. The zero-order chi connectivity index (χ0) is 15.6. The van der Waals surface area contributed by atoms with Gasteiger partial charge in [-0.15, -0.1) is 0 Å². The Hall–Kier alpha value is -0.330. The normalized spacial score (nSPS) is 15.6. The van der Waals surface area contributed by atoms with E-state index >= 15 is 0 Å². The Morgan fingerprint density at radius 1 is 1.20 bits per heavy atom. The van der Waals surface area contributed by atoms with Crippen molar-refractivity contribution in [2.45, 2.75) is 45.3 Å². The fourth-order valence-electron chi connectivity index (χ4n) is 1.93. The molecule has 20 heavy (non-hydrogen) atoms. The molecule has 0 radical (unpaired) electrons. The van der Waals surface area contributed by atoms with Crippen molar-refractivity contribution in [1.29, 1.82) is 0 Å². The predicted octanol–water partition coefficient (Wildman–Crippen LogP) is 2.48. The molecule has 0 bridgehead atoms. The SMILES string of the molecule is CCC(CCCN(C)CCNC)NCC(C)C(F)(F)F. The minimum atomic E-state index is -4.10. The van der Waals surface area contributed by atoms with Crippen LogP contribution >= 0.6 is 0 Å². The molecular formula is C14H30F3N3. The van der Waals surface area contributed by atoms with Gasteiger partial charge in [-0.25, -0.2) is 0 Å². The maximum atomic E-state index is 12.4. The van der Waals surface area contributed by atoms with Crippen molar-refractivity contribution in [1.82, 2.24) is 15.5 Å². The summed E-state index contributed by atoms with van der Waals surface area (Å²) < 4.78 is 37.3. The molecular weight excluding hydrogens is 267 g/mol. The molecule has 0 aromatic carbocycles. The summed E-state index contributed by atoms with van der Waals surface area (Å²) in [5.41, 5.74) is 0. The van der Waals surface area contributed by atoms with Crippen LogP contribution in [0.15, 0.2) is 0 Å². The molecule has 2 unspecified atom stereocenters. The van der Waals surface area contributed by atoms with Crippen LogP contribution in [0.5, 0.6) is 0 Å². The van der Waals surface area contributed by atoms with E-state index in [1.165, 1.54) is 6.92 Å². The van der Waals surface area contributed by atoms with Crippen LogP contribution in [0, 0.1) is 5.92 Å². The Morgan fingerprint density at radius 2 is 1.85 bits per heavy atom. The van der Waals surface area contributed by atoms with Crippen LogP contribution in [-0.4, -0.2) is 57.4 Å². The number of hydrogen-bond donors (Lipinski definition) is 2. The van der Waals surface area contributed by atoms with E-state index in [1.807, 2.05) is 14.0 Å². The van der Waals surface area contributed by atoms with E-state index in [0.717, 1.165) is 38.9 Å². The lowest BCUT2D eigenvalue weighted by molar-refractivity contribution is -0.168. The third-order valence-corrected chi connectivity index (χ3v) is 3.60. The standard InChI is InChI=1S/C14H30F3N3/c1-5-13(19-11-12(2)14(15,16)17)7-6-9-20(4)10-8-18-3/h12-13,18-19H,5-11H2,1-4H3. The smallest absolute Gasteiger partial charge is 0.318 e. The average molecular weight is 297 g/mol. The van der Waals surface area contributed by atoms with E-state index in [1.54, 1.807) is 0 Å². The van der Waals surface area contributed by atoms with E-state index in [9.17, 15) is 13.2 Å². The molecule has 0 saturated heterocycles. The Labute approximate surface area is 121 Å². The molecule has 0 fully saturated rings. The molecule has 6 heteroatoms. The van der Waals surface area contributed by atoms with Crippen LogP contribution in [0.2, 0.25) is 0 Å². The minimum Gasteiger partial charge on any atom is -0.318 e. The van der Waals surface area contributed by atoms with Crippen LogP contribution < -0.4 is 10.6 Å². The van der Waals surface area contributed by atoms with E-state index in [0.29, 0.717) is 0 Å². The summed E-state index contributed by atoms with van der Waals surface area (Å²) in [6.07, 6.45) is -1.31. The predicted molar refractivity (Wildman–Crippen MR) is 78.0 cm³/mol. The summed E-state index contributed by atoms with van der Waals surface area (Å²) in [5, 5.41) is 6.14. The molecule has 0 spiro atoms. The van der Waals surface area contributed by atoms with Crippen molar-refractivity contribution >= 4 is 0 Å². The highest BCUT2D eigenvalue weighted by Crippen LogP contribution is 2.25. The number of nitrogens with zero attached hydrogens (tertiary/aromatic N) is 1. The quantitative estimate of drug-likeness (QED) is 0.613. The van der Waals surface area contributed by atoms with Crippen molar-refractivity contribution in [3.8, 4) is 0 Å². The molecule has 2 N–H and O–H groups in total. The van der Waals surface area contributed by atoms with E-state index < -0.39 is 12.1 Å². The maximum absolute atomic E-state index is 12.4. The summed E-state index contributed by atoms with van der Waals surface area (Å²) in [5.74, 6) is -1.28. The average Bonchev–Trinajstić information content (AvgIpc) is 2.38. The fraction of sp³-hybridized carbons (Fsp3) is 1.00. The van der Waals surface area contributed by atoms with Gasteiger partial charge in [0.2, 0.25) is 0 Å². The molecule has 0 aromatic heterocycles. The molecule has 0 aliphatic rings. The van der Waals surface area contributed by atoms with Gasteiger partial charge in [-0.05, 0) is 39.9 Å². The van der Waals surface area contributed by atoms with Crippen molar-refractivity contribution in [2.75, 3.05) is 40.3 Å². The molecule has 122 valence electrons. The Balaban J connectivity index is 3.82. The number of hydrogen-bond acceptors (Lipinski definition) is 3. The van der Waals surface area contributed by atoms with Crippen LogP contribution in [0.1, 0.15) is 33.1 Å². The second-order valence-electron chi connectivity index (χ2n) is 5.51. The lowest BCUT2D eigenvalue weighted by Crippen LogP contribution is -2.37. The number of halogens is 3. The summed E-state index contributed by atoms with van der Waals surface area (Å²) in [7, 11) is 3.99. The molecule has 0 amide bonds. The van der Waals surface area contributed by atoms with Gasteiger partial charge < -0.3 is 15.5 Å². The monoisotopic (exact) mass is 297 g/mol. The highest BCUT2D eigenvalue weighted by atomic mass is 19.4. The second-order valence-corrected chi connectivity index (χ2v) is 5.51. The third-order valence-electron chi connectivity index (χ3n) is 3.60. The van der Waals surface area contributed by atoms with Crippen LogP contribution in [0.3, 0.4) is 0 Å². The van der Waals surface area contributed by atoms with Gasteiger partial charge in [0.15, 0.2) is 0 Å². The molecule has 3 nitrogen and oxygen atoms in total. The van der Waals surface area contributed by atoms with Gasteiger partial charge in [-0.1, -0.05) is 13.8 Å². The number of nitrogens with one attached hydrogen (secondary N) is 2. The molecule has 0 heterocycles. The van der Waals surface area contributed by atoms with Gasteiger partial charge in [0, 0.05) is 25.7 Å². The van der Waals surface area contributed by atoms with Crippen LogP contribution in [-0.2, 0) is 0 Å². The Kier molecular flexibility index (Phi) is 10.2. The summed E-state index contributed by atoms with van der Waals surface area (Å²) in [6, 6.07) is 0.178. The first-order valence-electron chi connectivity index (χ1n) is 7.44. The molecule has 0 aliphatic carbocycles. The molecule has 0 aliphatic heterocycles. The topological polar surface area (TPSA) is 27.3 Å². The zero-order valence-corrected chi connectivity index (χ0v) is 13.2. The van der Waals surface area contributed by atoms with Crippen LogP contribution in [0.4, 0.5) is 13.2 Å². The molecule has 0 saturated carbocycles. The minimum absolute atomic E-state index is 0.0115. The van der Waals surface area contributed by atoms with Gasteiger partial charge >= 0.3 is 6.18 Å². The highest BCUT2D eigenvalue weighted by molar-refractivity contribution is 4.71. The highest BCUT2D eigenvalue weighted by Gasteiger charge is 2.35. The van der Waals surface area contributed by atoms with Gasteiger partial charge in [0.05, 0.1) is 5.92 Å². The van der Waals surface area contributed by atoms with Crippen molar-refractivity contribution in [3.63, 3.8) is 0 Å². The van der Waals surface area contributed by atoms with Crippen LogP contribution in [0.25, 0.3) is 0 Å². The van der Waals surface area contributed by atoms with Crippen molar-refractivity contribution in [3.05, 3.63) is 0 Å². The second kappa shape index (κ2) is 10.4. The molecule has 2 atom stereocenters. The number of alkyl halides is 3. The zero-order valence-electron chi connectivity index (χ0n) is 13.2. The third kappa shape index (κ3) is 9.55. The molecule has 0 aromatic rings. The Bertz CT molecular complexity index is 234. The number of likely N-dealkylation sites (N-methyl/N-ethyl adjacent to an activating group) is 2. The Morgan fingerprint density at radius 3 is 2.35 bits per heavy atom. The largest absolute Gasteiger partial charge is 0.392 e. The first-order chi connectivity index (χ1) is 9.31. The van der Waals surface area contributed by atoms with Gasteiger partial charge in [-0.3, -0.25) is 0 Å². The summed E-state index contributed by atoms with van der Waals surface area (Å²) >= 11 is 0. The van der Waals surface area contributed by atoms with Gasteiger partial charge in [0.25, 0.3) is 0 Å². The van der Waals surface area contributed by atoms with Crippen molar-refractivity contribution in [2.24, 2.45) is 5.92 Å². The van der Waals surface area contributed by atoms with Gasteiger partial charge in [0.1, 0.15) is 0 Å². The van der Waals surface area contributed by atoms with E-state index in [-0.39, 0.29) is 12.6 Å². The van der Waals surface area contributed by atoms with E-state index in [4.69, 9.17) is 0 Å². The number of rotatable bonds is 11. The fourth-order valence-corrected chi connectivity index (χ4v) is 1.93.